The maximum absolute atomic E-state index is 8.68. The summed E-state index contributed by atoms with van der Waals surface area (Å²) in [6, 6.07) is 0. The quantitative estimate of drug-likeness (QED) is 0.440. The zero-order chi connectivity index (χ0) is 8.31. The molecule has 4 N–H and O–H groups in total. The van der Waals surface area contributed by atoms with E-state index in [-0.39, 0.29) is 0 Å². The first-order chi connectivity index (χ1) is 4.46. The minimum absolute atomic E-state index is 0.802. The van der Waals surface area contributed by atoms with E-state index < -0.39 is 22.3 Å². The van der Waals surface area contributed by atoms with Crippen molar-refractivity contribution in [2.75, 3.05) is 0 Å². The molecule has 58 valence electrons. The van der Waals surface area contributed by atoms with Crippen LogP contribution in [0.5, 0.6) is 0 Å². The van der Waals surface area contributed by atoms with Gasteiger partial charge in [-0.05, 0) is 24.4 Å². The average molecular weight is 182 g/mol. The lowest BCUT2D eigenvalue weighted by molar-refractivity contribution is 0.0877. The lowest BCUT2D eigenvalue weighted by atomic mass is 10.2. The average Bonchev–Trinajstić information content (AvgIpc) is 1.84. The van der Waals surface area contributed by atoms with E-state index in [0.29, 0.717) is 0 Å². The lowest BCUT2D eigenvalue weighted by Gasteiger charge is -2.11. The van der Waals surface area contributed by atoms with Crippen LogP contribution in [0.15, 0.2) is 0 Å². The van der Waals surface area contributed by atoms with Crippen LogP contribution in [0.2, 0.25) is 0 Å². The fraction of sp³-hybridized carbons (Fsp3) is 0.500. The Kier molecular flexibility index (Phi) is 3.66. The summed E-state index contributed by atoms with van der Waals surface area (Å²) in [7, 11) is 0. The highest BCUT2D eigenvalue weighted by molar-refractivity contribution is 7.80. The van der Waals surface area contributed by atoms with Gasteiger partial charge in [-0.2, -0.15) is 0 Å². The first-order valence-electron chi connectivity index (χ1n) is 2.28. The van der Waals surface area contributed by atoms with Crippen LogP contribution in [-0.2, 0) is 0 Å². The van der Waals surface area contributed by atoms with E-state index in [1.165, 1.54) is 0 Å². The zero-order valence-corrected chi connectivity index (χ0v) is 6.39. The molecule has 0 heterocycles. The molecule has 0 spiro atoms. The summed E-state index contributed by atoms with van der Waals surface area (Å²) >= 11 is 8.18. The molecule has 4 nitrogen and oxygen atoms in total. The molecule has 0 aromatic heterocycles. The van der Waals surface area contributed by atoms with E-state index in [1.807, 2.05) is 0 Å². The Balaban J connectivity index is 4.07. The largest absolute Gasteiger partial charge is 0.500 e. The van der Waals surface area contributed by atoms with E-state index in [9.17, 15) is 0 Å². The van der Waals surface area contributed by atoms with Crippen LogP contribution >= 0.6 is 24.4 Å². The monoisotopic (exact) mass is 182 g/mol. The van der Waals surface area contributed by atoms with E-state index in [0.717, 1.165) is 0 Å². The van der Waals surface area contributed by atoms with Crippen LogP contribution in [0.1, 0.15) is 0 Å². The van der Waals surface area contributed by atoms with Gasteiger partial charge < -0.3 is 20.4 Å². The van der Waals surface area contributed by atoms with E-state index in [2.05, 4.69) is 24.4 Å². The molecule has 0 aliphatic rings. The fourth-order valence-corrected chi connectivity index (χ4v) is 0.528. The minimum Gasteiger partial charge on any atom is -0.500 e. The summed E-state index contributed by atoms with van der Waals surface area (Å²) < 4.78 is 0. The van der Waals surface area contributed by atoms with Crippen LogP contribution in [0.25, 0.3) is 0 Å². The van der Waals surface area contributed by atoms with Crippen molar-refractivity contribution in [3.05, 3.63) is 0 Å². The molecule has 0 fully saturated rings. The minimum atomic E-state index is -1.69. The summed E-state index contributed by atoms with van der Waals surface area (Å²) in [6.07, 6.45) is -3.38. The zero-order valence-electron chi connectivity index (χ0n) is 4.76. The Labute approximate surface area is 67.7 Å². The Morgan fingerprint density at radius 3 is 1.20 bits per heavy atom. The highest BCUT2D eigenvalue weighted by atomic mass is 32.1. The van der Waals surface area contributed by atoms with Gasteiger partial charge >= 0.3 is 0 Å². The summed E-state index contributed by atoms with van der Waals surface area (Å²) in [5.41, 5.74) is 0. The molecule has 0 saturated carbocycles. The van der Waals surface area contributed by atoms with E-state index >= 15 is 0 Å². The molecule has 0 aliphatic carbocycles. The Hall–Kier alpha value is -0.300. The third kappa shape index (κ3) is 2.53. The molecule has 0 bridgehead atoms. The molecule has 0 radical (unpaired) electrons. The van der Waals surface area contributed by atoms with E-state index in [1.54, 1.807) is 0 Å². The first-order valence-corrected chi connectivity index (χ1v) is 3.10. The second-order valence-corrected chi connectivity index (χ2v) is 2.40. The van der Waals surface area contributed by atoms with Gasteiger partial charge in [0.25, 0.3) is 0 Å². The summed E-state index contributed by atoms with van der Waals surface area (Å²) in [4.78, 5) is 0. The summed E-state index contributed by atoms with van der Waals surface area (Å²) in [6.45, 7) is 0. The molecule has 6 heteroatoms. The fourth-order valence-electron chi connectivity index (χ4n) is 0.270. The van der Waals surface area contributed by atoms with E-state index in [4.69, 9.17) is 20.4 Å². The lowest BCUT2D eigenvalue weighted by Crippen LogP contribution is -2.37. The molecule has 0 rings (SSSR count). The normalized spacial score (nSPS) is 15.8. The smallest absolute Gasteiger partial charge is 0.189 e. The first kappa shape index (κ1) is 9.70. The van der Waals surface area contributed by atoms with Gasteiger partial charge in [0.05, 0.1) is 0 Å². The van der Waals surface area contributed by atoms with Crippen molar-refractivity contribution in [1.29, 1.82) is 0 Å². The number of aliphatic hydroxyl groups excluding tert-OH is 4. The topological polar surface area (TPSA) is 80.9 Å². The van der Waals surface area contributed by atoms with Crippen LogP contribution in [0.4, 0.5) is 0 Å². The van der Waals surface area contributed by atoms with Crippen molar-refractivity contribution >= 4 is 34.5 Å². The van der Waals surface area contributed by atoms with Gasteiger partial charge in [0.1, 0.15) is 0 Å². The van der Waals surface area contributed by atoms with Gasteiger partial charge in [-0.15, -0.1) is 0 Å². The Bertz CT molecular complexity index is 139. The van der Waals surface area contributed by atoms with Crippen LogP contribution in [0.3, 0.4) is 0 Å². The third-order valence-electron chi connectivity index (χ3n) is 0.805. The maximum Gasteiger partial charge on any atom is 0.189 e. The molecular weight excluding hydrogens is 176 g/mol. The van der Waals surface area contributed by atoms with Crippen molar-refractivity contribution in [3.8, 4) is 0 Å². The van der Waals surface area contributed by atoms with Crippen molar-refractivity contribution < 1.29 is 20.4 Å². The number of hydrogen-bond acceptors (Lipinski definition) is 4. The second-order valence-electron chi connectivity index (χ2n) is 1.57. The van der Waals surface area contributed by atoms with Crippen molar-refractivity contribution in [2.45, 2.75) is 12.2 Å². The molecule has 0 amide bonds. The molecule has 0 aromatic carbocycles. The standard InChI is InChI=1S/C4H6O4S2/c5-1(3(7)9)2(6)4(8)10/h1-2,5-6H,(H,7,9)(H,8,10). The third-order valence-corrected chi connectivity index (χ3v) is 1.29. The molecule has 2 atom stereocenters. The molecule has 0 aliphatic heterocycles. The number of hydrogen-bond donors (Lipinski definition) is 4. The Morgan fingerprint density at radius 2 is 1.10 bits per heavy atom. The van der Waals surface area contributed by atoms with Gasteiger partial charge in [-0.3, -0.25) is 0 Å². The van der Waals surface area contributed by atoms with Crippen LogP contribution in [-0.4, -0.2) is 42.7 Å². The van der Waals surface area contributed by atoms with Gasteiger partial charge in [0.2, 0.25) is 0 Å². The summed E-state index contributed by atoms with van der Waals surface area (Å²) in [5, 5.41) is 32.5. The van der Waals surface area contributed by atoms with Gasteiger partial charge in [-0.25, -0.2) is 0 Å². The van der Waals surface area contributed by atoms with Gasteiger partial charge in [-0.1, -0.05) is 0 Å². The van der Waals surface area contributed by atoms with Crippen molar-refractivity contribution in [3.63, 3.8) is 0 Å². The van der Waals surface area contributed by atoms with Crippen LogP contribution in [0, 0.1) is 0 Å². The molecule has 10 heavy (non-hydrogen) atoms. The number of rotatable bonds is 3. The molecule has 0 aromatic rings. The highest BCUT2D eigenvalue weighted by Gasteiger charge is 2.23. The van der Waals surface area contributed by atoms with Gasteiger partial charge in [0, 0.05) is 0 Å². The van der Waals surface area contributed by atoms with Crippen molar-refractivity contribution in [1.82, 2.24) is 0 Å². The number of aliphatic hydroxyl groups is 4. The Morgan fingerprint density at radius 1 is 0.900 bits per heavy atom. The summed E-state index contributed by atoms with van der Waals surface area (Å²) in [5.74, 6) is 0. The number of thiocarbonyl (C=S) groups is 2. The SMILES string of the molecule is OC(=S)C(O)C(O)C(O)=S. The second kappa shape index (κ2) is 3.77. The molecule has 0 saturated heterocycles. The van der Waals surface area contributed by atoms with Crippen LogP contribution < -0.4 is 0 Å². The predicted octanol–water partition coefficient (Wildman–Crippen LogP) is -0.521. The highest BCUT2D eigenvalue weighted by Crippen LogP contribution is 1.96. The maximum atomic E-state index is 8.68. The predicted molar refractivity (Wildman–Crippen MR) is 42.5 cm³/mol. The molecule has 2 unspecified atom stereocenters. The molecular formula is C4H6O4S2. The van der Waals surface area contributed by atoms with Gasteiger partial charge in [0.15, 0.2) is 22.3 Å². The van der Waals surface area contributed by atoms with Crippen molar-refractivity contribution in [2.24, 2.45) is 0 Å².